The van der Waals surface area contributed by atoms with E-state index in [9.17, 15) is 5.11 Å². The van der Waals surface area contributed by atoms with E-state index in [1.165, 1.54) is 69.3 Å². The van der Waals surface area contributed by atoms with Crippen molar-refractivity contribution in [3.05, 3.63) is 41.6 Å². The topological polar surface area (TPSA) is 73.3 Å². The molecule has 0 amide bonds. The highest BCUT2D eigenvalue weighted by molar-refractivity contribution is 5.58. The van der Waals surface area contributed by atoms with Gasteiger partial charge in [-0.15, -0.1) is 0 Å². The van der Waals surface area contributed by atoms with E-state index in [-0.39, 0.29) is 6.10 Å². The first-order valence-electron chi connectivity index (χ1n) is 14.1. The maximum atomic E-state index is 9.96. The molecule has 6 heteroatoms. The Morgan fingerprint density at radius 3 is 2.51 bits per heavy atom. The second-order valence-corrected chi connectivity index (χ2v) is 11.1. The van der Waals surface area contributed by atoms with Crippen LogP contribution in [0.25, 0.3) is 0 Å². The Hall–Kier alpha value is -2.18. The van der Waals surface area contributed by atoms with Crippen molar-refractivity contribution in [3.63, 3.8) is 0 Å². The van der Waals surface area contributed by atoms with E-state index >= 15 is 0 Å². The number of piperidine rings is 1. The summed E-state index contributed by atoms with van der Waals surface area (Å²) < 4.78 is 0. The van der Waals surface area contributed by atoms with Crippen molar-refractivity contribution < 1.29 is 5.11 Å². The molecule has 3 aliphatic rings. The summed E-state index contributed by atoms with van der Waals surface area (Å²) in [5, 5.41) is 17.2. The lowest BCUT2D eigenvalue weighted by Crippen LogP contribution is -2.36. The molecule has 190 valence electrons. The highest BCUT2D eigenvalue weighted by Crippen LogP contribution is 2.35. The van der Waals surface area contributed by atoms with Gasteiger partial charge in [0.1, 0.15) is 5.82 Å². The van der Waals surface area contributed by atoms with Gasteiger partial charge in [-0.25, -0.2) is 4.98 Å². The minimum Gasteiger partial charge on any atom is -0.393 e. The Bertz CT molecular complexity index is 944. The number of likely N-dealkylation sites (tertiary alicyclic amines) is 1. The van der Waals surface area contributed by atoms with Crippen LogP contribution in [-0.4, -0.2) is 51.8 Å². The number of rotatable bonds is 8. The smallest absolute Gasteiger partial charge is 0.229 e. The maximum Gasteiger partial charge on any atom is 0.229 e. The largest absolute Gasteiger partial charge is 0.393 e. The number of aliphatic hydroxyl groups excluding tert-OH is 1. The normalized spacial score (nSPS) is 24.5. The average Bonchev–Trinajstić information content (AvgIpc) is 3.39. The summed E-state index contributed by atoms with van der Waals surface area (Å²) in [7, 11) is 0. The van der Waals surface area contributed by atoms with Gasteiger partial charge < -0.3 is 20.6 Å². The third-order valence-electron chi connectivity index (χ3n) is 8.46. The van der Waals surface area contributed by atoms with Crippen molar-refractivity contribution in [2.24, 2.45) is 5.92 Å². The number of aliphatic hydroxyl groups is 1. The van der Waals surface area contributed by atoms with E-state index in [2.05, 4.69) is 52.9 Å². The Morgan fingerprint density at radius 1 is 1.00 bits per heavy atom. The van der Waals surface area contributed by atoms with Crippen molar-refractivity contribution in [1.29, 1.82) is 0 Å². The van der Waals surface area contributed by atoms with Crippen LogP contribution in [0.15, 0.2) is 30.5 Å². The zero-order chi connectivity index (χ0) is 24.0. The predicted octanol–water partition coefficient (Wildman–Crippen LogP) is 5.87. The minimum atomic E-state index is -0.148. The molecular weight excluding hydrogens is 434 g/mol. The zero-order valence-corrected chi connectivity index (χ0v) is 21.4. The van der Waals surface area contributed by atoms with Gasteiger partial charge in [0.05, 0.1) is 6.10 Å². The van der Waals surface area contributed by atoms with Gasteiger partial charge in [-0.05, 0) is 100 Å². The van der Waals surface area contributed by atoms with Gasteiger partial charge in [0, 0.05) is 30.0 Å². The molecule has 2 heterocycles. The predicted molar refractivity (Wildman–Crippen MR) is 143 cm³/mol. The van der Waals surface area contributed by atoms with Crippen molar-refractivity contribution in [3.8, 4) is 0 Å². The quantitative estimate of drug-likeness (QED) is 0.442. The first-order chi connectivity index (χ1) is 17.2. The molecule has 0 radical (unpaired) electrons. The molecule has 2 aliphatic carbocycles. The van der Waals surface area contributed by atoms with Gasteiger partial charge in [0.25, 0.3) is 0 Å². The van der Waals surface area contributed by atoms with Crippen LogP contribution >= 0.6 is 0 Å². The summed E-state index contributed by atoms with van der Waals surface area (Å²) >= 11 is 0. The van der Waals surface area contributed by atoms with Gasteiger partial charge in [0.2, 0.25) is 5.95 Å². The minimum absolute atomic E-state index is 0.148. The lowest BCUT2D eigenvalue weighted by Gasteiger charge is -2.34. The van der Waals surface area contributed by atoms with E-state index in [1.54, 1.807) is 0 Å². The van der Waals surface area contributed by atoms with Crippen LogP contribution in [-0.2, 0) is 6.42 Å². The molecule has 5 rings (SSSR count). The van der Waals surface area contributed by atoms with Crippen molar-refractivity contribution >= 4 is 17.5 Å². The standard InChI is InChI=1S/C29H43N5O/c1-2-21-8-5-9-25(18-21)32-29-30-19-27(28(33-29)31-24-10-12-26(35)13-11-24)23-14-16-34(17-15-23)20-22-6-3-4-7-22/h5,8-9,18-19,22-24,26,35H,2-4,6-7,10-17,20H2,1H3,(H2,30,31,32,33). The van der Waals surface area contributed by atoms with Crippen molar-refractivity contribution in [1.82, 2.24) is 14.9 Å². The second kappa shape index (κ2) is 11.7. The molecule has 3 N–H and O–H groups in total. The van der Waals surface area contributed by atoms with E-state index in [4.69, 9.17) is 9.97 Å². The first-order valence-corrected chi connectivity index (χ1v) is 14.1. The summed E-state index contributed by atoms with van der Waals surface area (Å²) in [6.45, 7) is 5.82. The molecular formula is C29H43N5O. The van der Waals surface area contributed by atoms with Gasteiger partial charge in [0.15, 0.2) is 0 Å². The molecule has 0 bridgehead atoms. The van der Waals surface area contributed by atoms with Crippen LogP contribution in [0.1, 0.15) is 88.2 Å². The lowest BCUT2D eigenvalue weighted by atomic mass is 9.89. The molecule has 35 heavy (non-hydrogen) atoms. The summed E-state index contributed by atoms with van der Waals surface area (Å²) in [4.78, 5) is 12.5. The molecule has 0 unspecified atom stereocenters. The average molecular weight is 478 g/mol. The second-order valence-electron chi connectivity index (χ2n) is 11.1. The number of benzene rings is 1. The number of aryl methyl sites for hydroxylation is 1. The molecule has 1 aliphatic heterocycles. The molecule has 2 aromatic rings. The zero-order valence-electron chi connectivity index (χ0n) is 21.4. The monoisotopic (exact) mass is 477 g/mol. The fraction of sp³-hybridized carbons (Fsp3) is 0.655. The highest BCUT2D eigenvalue weighted by atomic mass is 16.3. The van der Waals surface area contributed by atoms with Crippen LogP contribution in [0.4, 0.5) is 17.5 Å². The number of hydrogen-bond donors (Lipinski definition) is 3. The summed E-state index contributed by atoms with van der Waals surface area (Å²) in [6, 6.07) is 8.85. The van der Waals surface area contributed by atoms with E-state index < -0.39 is 0 Å². The van der Waals surface area contributed by atoms with Crippen molar-refractivity contribution in [2.75, 3.05) is 30.3 Å². The van der Waals surface area contributed by atoms with E-state index in [1.807, 2.05) is 0 Å². The first kappa shape index (κ1) is 24.5. The number of nitrogens with zero attached hydrogens (tertiary/aromatic N) is 3. The molecule has 0 spiro atoms. The van der Waals surface area contributed by atoms with Gasteiger partial charge >= 0.3 is 0 Å². The Kier molecular flexibility index (Phi) is 8.20. The summed E-state index contributed by atoms with van der Waals surface area (Å²) in [5.74, 6) is 3.07. The molecule has 1 saturated heterocycles. The van der Waals surface area contributed by atoms with Crippen molar-refractivity contribution in [2.45, 2.75) is 95.6 Å². The highest BCUT2D eigenvalue weighted by Gasteiger charge is 2.28. The fourth-order valence-corrected chi connectivity index (χ4v) is 6.26. The number of aromatic nitrogens is 2. The van der Waals surface area contributed by atoms with Gasteiger partial charge in [-0.1, -0.05) is 31.9 Å². The molecule has 1 aromatic carbocycles. The molecule has 1 aromatic heterocycles. The van der Waals surface area contributed by atoms with Crippen LogP contribution in [0.5, 0.6) is 0 Å². The molecule has 3 fully saturated rings. The third kappa shape index (κ3) is 6.53. The van der Waals surface area contributed by atoms with Gasteiger partial charge in [-0.3, -0.25) is 0 Å². The fourth-order valence-electron chi connectivity index (χ4n) is 6.26. The number of nitrogens with one attached hydrogen (secondary N) is 2. The Labute approximate surface area is 210 Å². The number of anilines is 3. The third-order valence-corrected chi connectivity index (χ3v) is 8.46. The molecule has 2 saturated carbocycles. The number of hydrogen-bond acceptors (Lipinski definition) is 6. The molecule has 0 atom stereocenters. The van der Waals surface area contributed by atoms with Gasteiger partial charge in [-0.2, -0.15) is 4.98 Å². The van der Waals surface area contributed by atoms with E-state index in [0.29, 0.717) is 17.9 Å². The Morgan fingerprint density at radius 2 is 1.77 bits per heavy atom. The van der Waals surface area contributed by atoms with Crippen LogP contribution in [0.3, 0.4) is 0 Å². The maximum absolute atomic E-state index is 9.96. The Balaban J connectivity index is 1.30. The molecule has 6 nitrogen and oxygen atoms in total. The SMILES string of the molecule is CCc1cccc(Nc2ncc(C3CCN(CC4CCCC4)CC3)c(NC3CCC(O)CC3)n2)c1. The van der Waals surface area contributed by atoms with Crippen LogP contribution in [0.2, 0.25) is 0 Å². The van der Waals surface area contributed by atoms with Crippen LogP contribution < -0.4 is 10.6 Å². The summed E-state index contributed by atoms with van der Waals surface area (Å²) in [5.41, 5.74) is 3.60. The van der Waals surface area contributed by atoms with Crippen LogP contribution in [0, 0.1) is 5.92 Å². The van der Waals surface area contributed by atoms with E-state index in [0.717, 1.165) is 49.5 Å². The lowest BCUT2D eigenvalue weighted by molar-refractivity contribution is 0.126. The summed E-state index contributed by atoms with van der Waals surface area (Å²) in [6.07, 6.45) is 14.7.